The van der Waals surface area contributed by atoms with Crippen molar-refractivity contribution in [3.63, 3.8) is 0 Å². The molecule has 0 spiro atoms. The van der Waals surface area contributed by atoms with Gasteiger partial charge in [0.15, 0.2) is 0 Å². The first-order valence-corrected chi connectivity index (χ1v) is 16.1. The highest BCUT2D eigenvalue weighted by molar-refractivity contribution is 5.98. The summed E-state index contributed by atoms with van der Waals surface area (Å²) >= 11 is 0. The highest BCUT2D eigenvalue weighted by Crippen LogP contribution is 2.27. The number of nitrogens with one attached hydrogen (secondary N) is 3. The maximum Gasteiger partial charge on any atom is 0.251 e. The molecule has 1 fully saturated rings. The second-order valence-corrected chi connectivity index (χ2v) is 11.7. The average Bonchev–Trinajstić information content (AvgIpc) is 3.09. The van der Waals surface area contributed by atoms with E-state index in [9.17, 15) is 19.2 Å². The lowest BCUT2D eigenvalue weighted by Gasteiger charge is -2.30. The van der Waals surface area contributed by atoms with Gasteiger partial charge in [-0.05, 0) is 80.0 Å². The van der Waals surface area contributed by atoms with Crippen LogP contribution in [0.2, 0.25) is 0 Å². The van der Waals surface area contributed by atoms with Gasteiger partial charge in [0.2, 0.25) is 17.7 Å². The lowest BCUT2D eigenvalue weighted by Crippen LogP contribution is -2.54. The molecule has 3 aromatic carbocycles. The van der Waals surface area contributed by atoms with Crippen LogP contribution in [0.4, 0.5) is 0 Å². The smallest absolute Gasteiger partial charge is 0.251 e. The van der Waals surface area contributed by atoms with Crippen molar-refractivity contribution >= 4 is 23.6 Å². The third-order valence-electron chi connectivity index (χ3n) is 8.34. The Kier molecular flexibility index (Phi) is 13.2. The first kappa shape index (κ1) is 34.2. The number of hydrogen-bond donors (Lipinski definition) is 5. The van der Waals surface area contributed by atoms with Crippen LogP contribution in [0.3, 0.4) is 0 Å². The second kappa shape index (κ2) is 17.7. The highest BCUT2D eigenvalue weighted by Gasteiger charge is 2.34. The Balaban J connectivity index is 1.55. The van der Waals surface area contributed by atoms with Crippen molar-refractivity contribution in [2.24, 2.45) is 17.4 Å². The first-order chi connectivity index (χ1) is 22.4. The highest BCUT2D eigenvalue weighted by atomic mass is 16.5. The molecule has 244 valence electrons. The quantitative estimate of drug-likeness (QED) is 0.151. The van der Waals surface area contributed by atoms with E-state index in [0.717, 1.165) is 37.7 Å². The Morgan fingerprint density at radius 2 is 1.41 bits per heavy atom. The first-order valence-electron chi connectivity index (χ1n) is 16.1. The summed E-state index contributed by atoms with van der Waals surface area (Å²) in [6.07, 6.45) is 6.16. The van der Waals surface area contributed by atoms with Crippen molar-refractivity contribution in [3.8, 4) is 5.75 Å². The van der Waals surface area contributed by atoms with Crippen LogP contribution >= 0.6 is 0 Å². The topological polar surface area (TPSA) is 166 Å². The van der Waals surface area contributed by atoms with Gasteiger partial charge in [0, 0.05) is 5.56 Å². The number of amides is 4. The molecule has 7 N–H and O–H groups in total. The van der Waals surface area contributed by atoms with E-state index in [1.807, 2.05) is 30.3 Å². The number of hydrogen-bond acceptors (Lipinski definition) is 6. The van der Waals surface area contributed by atoms with Crippen LogP contribution in [0, 0.1) is 5.92 Å². The van der Waals surface area contributed by atoms with Gasteiger partial charge in [-0.2, -0.15) is 0 Å². The van der Waals surface area contributed by atoms with Crippen LogP contribution in [0.1, 0.15) is 78.9 Å². The van der Waals surface area contributed by atoms with Crippen LogP contribution in [0.15, 0.2) is 84.9 Å². The fourth-order valence-electron chi connectivity index (χ4n) is 5.76. The molecule has 10 nitrogen and oxygen atoms in total. The number of nitrogens with two attached hydrogens (primary N) is 2. The summed E-state index contributed by atoms with van der Waals surface area (Å²) in [5, 5.41) is 8.52. The van der Waals surface area contributed by atoms with Crippen LogP contribution in [-0.4, -0.2) is 42.3 Å². The second-order valence-electron chi connectivity index (χ2n) is 11.7. The zero-order chi connectivity index (χ0) is 32.7. The molecule has 3 aromatic rings. The Bertz CT molecular complexity index is 1410. The van der Waals surface area contributed by atoms with Crippen molar-refractivity contribution in [3.05, 3.63) is 102 Å². The summed E-state index contributed by atoms with van der Waals surface area (Å²) in [6, 6.07) is 22.3. The number of carbonyl (C=O) groups excluding carboxylic acids is 4. The normalized spacial score (nSPS) is 15.2. The summed E-state index contributed by atoms with van der Waals surface area (Å²) in [4.78, 5) is 53.2. The number of ether oxygens (including phenoxy) is 1. The van der Waals surface area contributed by atoms with E-state index >= 15 is 0 Å². The molecule has 1 saturated carbocycles. The Morgan fingerprint density at radius 1 is 0.761 bits per heavy atom. The number of unbranched alkanes of at least 4 members (excludes halogenated alkanes) is 1. The largest absolute Gasteiger partial charge is 0.489 e. The number of rotatable bonds is 16. The van der Waals surface area contributed by atoms with Crippen molar-refractivity contribution in [2.75, 3.05) is 6.54 Å². The van der Waals surface area contributed by atoms with Crippen molar-refractivity contribution < 1.29 is 23.9 Å². The SMILES string of the molecule is NCCCC[C@H](NC(=O)c1ccccc1)C(=O)N[C@H](C(=O)N[C@H](C(N)=O)C1CCCCC1)c1ccc(OCc2ccccc2)cc1. The van der Waals surface area contributed by atoms with Crippen LogP contribution in [0.25, 0.3) is 0 Å². The molecule has 10 heteroatoms. The van der Waals surface area contributed by atoms with Gasteiger partial charge in [-0.3, -0.25) is 19.2 Å². The van der Waals surface area contributed by atoms with Gasteiger partial charge < -0.3 is 32.2 Å². The summed E-state index contributed by atoms with van der Waals surface area (Å²) in [7, 11) is 0. The van der Waals surface area contributed by atoms with Crippen LogP contribution in [-0.2, 0) is 21.0 Å². The van der Waals surface area contributed by atoms with E-state index in [4.69, 9.17) is 16.2 Å². The van der Waals surface area contributed by atoms with Crippen LogP contribution in [0.5, 0.6) is 5.75 Å². The Morgan fingerprint density at radius 3 is 2.04 bits per heavy atom. The van der Waals surface area contributed by atoms with E-state index in [-0.39, 0.29) is 5.92 Å². The number of benzene rings is 3. The number of primary amides is 1. The van der Waals surface area contributed by atoms with Gasteiger partial charge in [0.05, 0.1) is 0 Å². The summed E-state index contributed by atoms with van der Waals surface area (Å²) in [6.45, 7) is 0.814. The molecule has 46 heavy (non-hydrogen) atoms. The Labute approximate surface area is 270 Å². The predicted molar refractivity (Wildman–Crippen MR) is 176 cm³/mol. The van der Waals surface area contributed by atoms with Crippen molar-refractivity contribution in [2.45, 2.75) is 76.1 Å². The van der Waals surface area contributed by atoms with Gasteiger partial charge in [0.25, 0.3) is 5.91 Å². The number of carbonyl (C=O) groups is 4. The molecule has 3 atom stereocenters. The zero-order valence-electron chi connectivity index (χ0n) is 26.2. The molecule has 0 aromatic heterocycles. The summed E-state index contributed by atoms with van der Waals surface area (Å²) in [5.41, 5.74) is 13.4. The molecule has 1 aliphatic rings. The van der Waals surface area contributed by atoms with Crippen molar-refractivity contribution in [1.29, 1.82) is 0 Å². The minimum atomic E-state index is -1.16. The minimum Gasteiger partial charge on any atom is -0.489 e. The maximum absolute atomic E-state index is 13.9. The van der Waals surface area contributed by atoms with Gasteiger partial charge in [0.1, 0.15) is 30.5 Å². The third kappa shape index (κ3) is 10.2. The molecule has 0 unspecified atom stereocenters. The zero-order valence-corrected chi connectivity index (χ0v) is 26.2. The fraction of sp³-hybridized carbons (Fsp3) is 0.389. The summed E-state index contributed by atoms with van der Waals surface area (Å²) < 4.78 is 5.92. The van der Waals surface area contributed by atoms with Crippen molar-refractivity contribution in [1.82, 2.24) is 16.0 Å². The maximum atomic E-state index is 13.9. The fourth-order valence-corrected chi connectivity index (χ4v) is 5.76. The van der Waals surface area contributed by atoms with E-state index in [1.54, 1.807) is 54.6 Å². The van der Waals surface area contributed by atoms with E-state index < -0.39 is 41.8 Å². The van der Waals surface area contributed by atoms with Crippen LogP contribution < -0.4 is 32.2 Å². The monoisotopic (exact) mass is 627 g/mol. The lowest BCUT2D eigenvalue weighted by molar-refractivity contribution is -0.133. The average molecular weight is 628 g/mol. The molecule has 0 aliphatic heterocycles. The lowest BCUT2D eigenvalue weighted by atomic mass is 9.83. The van der Waals surface area contributed by atoms with E-state index in [2.05, 4.69) is 16.0 Å². The molecular weight excluding hydrogens is 582 g/mol. The predicted octanol–water partition coefficient (Wildman–Crippen LogP) is 3.90. The molecule has 0 bridgehead atoms. The molecule has 4 amide bonds. The molecule has 0 heterocycles. The molecule has 0 radical (unpaired) electrons. The van der Waals surface area contributed by atoms with Gasteiger partial charge in [-0.25, -0.2) is 0 Å². The third-order valence-corrected chi connectivity index (χ3v) is 8.34. The summed E-state index contributed by atoms with van der Waals surface area (Å²) in [5.74, 6) is -1.58. The molecule has 4 rings (SSSR count). The van der Waals surface area contributed by atoms with Gasteiger partial charge in [-0.15, -0.1) is 0 Å². The Hall–Kier alpha value is -4.70. The molecule has 0 saturated heterocycles. The van der Waals surface area contributed by atoms with Gasteiger partial charge >= 0.3 is 0 Å². The van der Waals surface area contributed by atoms with E-state index in [1.165, 1.54) is 0 Å². The standard InChI is InChI=1S/C36H45N5O5/c37-23-11-10-18-30(39-34(43)28-16-8-3-9-17-28)35(44)41-32(36(45)40-31(33(38)42)26-14-6-2-7-15-26)27-19-21-29(22-20-27)46-24-25-12-4-1-5-13-25/h1,3-5,8-9,12-13,16-17,19-22,26,30-32H,2,6-7,10-11,14-15,18,23-24,37H2,(H2,38,42)(H,39,43)(H,40,45)(H,41,44)/t30-,31-,32-/m0/s1. The van der Waals surface area contributed by atoms with Gasteiger partial charge in [-0.1, -0.05) is 79.9 Å². The van der Waals surface area contributed by atoms with E-state index in [0.29, 0.717) is 49.3 Å². The minimum absolute atomic E-state index is 0.0746. The molecule has 1 aliphatic carbocycles. The molecular formula is C36H45N5O5.